The Bertz CT molecular complexity index is 741. The van der Waals surface area contributed by atoms with E-state index in [0.29, 0.717) is 30.0 Å². The number of carbonyl (C=O) groups excluding carboxylic acids is 2. The van der Waals surface area contributed by atoms with Crippen molar-refractivity contribution in [1.29, 1.82) is 0 Å². The van der Waals surface area contributed by atoms with Crippen LogP contribution in [0.25, 0.3) is 0 Å². The summed E-state index contributed by atoms with van der Waals surface area (Å²) in [5.74, 6) is -0.240. The van der Waals surface area contributed by atoms with Gasteiger partial charge >= 0.3 is 5.97 Å². The molecule has 0 spiro atoms. The average molecular weight is 311 g/mol. The van der Waals surface area contributed by atoms with E-state index < -0.39 is 12.1 Å². The lowest BCUT2D eigenvalue weighted by Gasteiger charge is -2.24. The van der Waals surface area contributed by atoms with E-state index in [1.807, 2.05) is 25.1 Å². The summed E-state index contributed by atoms with van der Waals surface area (Å²) in [7, 11) is 0. The van der Waals surface area contributed by atoms with Gasteiger partial charge in [0.2, 0.25) is 0 Å². The van der Waals surface area contributed by atoms with Crippen LogP contribution >= 0.6 is 0 Å². The Morgan fingerprint density at radius 2 is 1.96 bits per heavy atom. The molecule has 5 nitrogen and oxygen atoms in total. The molecule has 0 fully saturated rings. The van der Waals surface area contributed by atoms with Crippen LogP contribution in [0.15, 0.2) is 48.5 Å². The number of benzene rings is 2. The minimum Gasteiger partial charge on any atom is -0.492 e. The Labute approximate surface area is 134 Å². The highest BCUT2D eigenvalue weighted by Crippen LogP contribution is 2.26. The molecule has 0 saturated carbocycles. The Hall–Kier alpha value is -2.82. The summed E-state index contributed by atoms with van der Waals surface area (Å²) in [5, 5.41) is 2.78. The highest BCUT2D eigenvalue weighted by Gasteiger charge is 2.31. The molecular formula is C18H17NO4. The Morgan fingerprint density at radius 3 is 2.78 bits per heavy atom. The van der Waals surface area contributed by atoms with Crippen LogP contribution < -0.4 is 10.1 Å². The third kappa shape index (κ3) is 3.18. The molecule has 1 amide bonds. The molecule has 3 rings (SSSR count). The van der Waals surface area contributed by atoms with Crippen molar-refractivity contribution in [3.63, 3.8) is 0 Å². The zero-order chi connectivity index (χ0) is 16.2. The van der Waals surface area contributed by atoms with E-state index in [4.69, 9.17) is 9.47 Å². The van der Waals surface area contributed by atoms with Gasteiger partial charge in [0, 0.05) is 6.42 Å². The highest BCUT2D eigenvalue weighted by molar-refractivity contribution is 6.00. The number of amides is 1. The van der Waals surface area contributed by atoms with Crippen LogP contribution in [0.2, 0.25) is 0 Å². The molecule has 1 atom stereocenters. The SMILES string of the molecule is CCOc1ccccc1NC(=O)C1Cc2ccccc2C(=O)O1. The second-order valence-corrected chi connectivity index (χ2v) is 5.17. The number of hydrogen-bond donors (Lipinski definition) is 1. The summed E-state index contributed by atoms with van der Waals surface area (Å²) < 4.78 is 10.7. The summed E-state index contributed by atoms with van der Waals surface area (Å²) in [6, 6.07) is 14.3. The summed E-state index contributed by atoms with van der Waals surface area (Å²) in [4.78, 5) is 24.4. The molecule has 1 unspecified atom stereocenters. The average Bonchev–Trinajstić information content (AvgIpc) is 2.57. The van der Waals surface area contributed by atoms with Gasteiger partial charge in [-0.05, 0) is 30.7 Å². The maximum absolute atomic E-state index is 12.4. The van der Waals surface area contributed by atoms with E-state index in [-0.39, 0.29) is 5.91 Å². The zero-order valence-electron chi connectivity index (χ0n) is 12.7. The van der Waals surface area contributed by atoms with Crippen molar-refractivity contribution >= 4 is 17.6 Å². The van der Waals surface area contributed by atoms with Crippen molar-refractivity contribution in [2.75, 3.05) is 11.9 Å². The monoisotopic (exact) mass is 311 g/mol. The number of ether oxygens (including phenoxy) is 2. The van der Waals surface area contributed by atoms with Crippen molar-refractivity contribution in [3.05, 3.63) is 59.7 Å². The second-order valence-electron chi connectivity index (χ2n) is 5.17. The largest absolute Gasteiger partial charge is 0.492 e. The third-order valence-corrected chi connectivity index (χ3v) is 3.63. The lowest BCUT2D eigenvalue weighted by Crippen LogP contribution is -2.38. The van der Waals surface area contributed by atoms with Gasteiger partial charge in [0.1, 0.15) is 5.75 Å². The van der Waals surface area contributed by atoms with Crippen molar-refractivity contribution in [2.24, 2.45) is 0 Å². The normalized spacial score (nSPS) is 16.2. The van der Waals surface area contributed by atoms with E-state index in [1.165, 1.54) is 0 Å². The van der Waals surface area contributed by atoms with E-state index >= 15 is 0 Å². The van der Waals surface area contributed by atoms with Crippen molar-refractivity contribution in [3.8, 4) is 5.75 Å². The van der Waals surface area contributed by atoms with E-state index in [2.05, 4.69) is 5.32 Å². The smallest absolute Gasteiger partial charge is 0.339 e. The first-order valence-electron chi connectivity index (χ1n) is 7.50. The standard InChI is InChI=1S/C18H17NO4/c1-2-22-15-10-6-5-9-14(15)19-17(20)16-11-12-7-3-4-8-13(12)18(21)23-16/h3-10,16H,2,11H2,1H3,(H,19,20). The molecule has 2 aromatic carbocycles. The fourth-order valence-electron chi connectivity index (χ4n) is 2.54. The number of anilines is 1. The maximum atomic E-state index is 12.4. The molecule has 0 aromatic heterocycles. The molecular weight excluding hydrogens is 294 g/mol. The zero-order valence-corrected chi connectivity index (χ0v) is 12.7. The molecule has 1 N–H and O–H groups in total. The molecule has 0 saturated heterocycles. The van der Waals surface area contributed by atoms with E-state index in [1.54, 1.807) is 30.3 Å². The highest BCUT2D eigenvalue weighted by atomic mass is 16.5. The van der Waals surface area contributed by atoms with Crippen molar-refractivity contribution in [2.45, 2.75) is 19.4 Å². The summed E-state index contributed by atoms with van der Waals surface area (Å²) in [6.07, 6.45) is -0.475. The van der Waals surface area contributed by atoms with Gasteiger partial charge in [0.25, 0.3) is 5.91 Å². The van der Waals surface area contributed by atoms with E-state index in [0.717, 1.165) is 5.56 Å². The van der Waals surface area contributed by atoms with Crippen LogP contribution in [0.3, 0.4) is 0 Å². The minimum absolute atomic E-state index is 0.361. The van der Waals surface area contributed by atoms with Crippen molar-refractivity contribution in [1.82, 2.24) is 0 Å². The predicted octanol–water partition coefficient (Wildman–Crippen LogP) is 2.81. The van der Waals surface area contributed by atoms with Crippen LogP contribution in [-0.4, -0.2) is 24.6 Å². The Balaban J connectivity index is 1.76. The van der Waals surface area contributed by atoms with Gasteiger partial charge in [0.05, 0.1) is 17.9 Å². The van der Waals surface area contributed by atoms with Crippen LogP contribution in [0.4, 0.5) is 5.69 Å². The van der Waals surface area contributed by atoms with Gasteiger partial charge in [-0.2, -0.15) is 0 Å². The van der Waals surface area contributed by atoms with Crippen LogP contribution in [0, 0.1) is 0 Å². The molecule has 2 aromatic rings. The van der Waals surface area contributed by atoms with Gasteiger partial charge in [0.15, 0.2) is 6.10 Å². The molecule has 1 heterocycles. The van der Waals surface area contributed by atoms with Crippen LogP contribution in [-0.2, 0) is 16.0 Å². The molecule has 118 valence electrons. The quantitative estimate of drug-likeness (QED) is 0.882. The second kappa shape index (κ2) is 6.52. The van der Waals surface area contributed by atoms with Crippen molar-refractivity contribution < 1.29 is 19.1 Å². The predicted molar refractivity (Wildman–Crippen MR) is 85.6 cm³/mol. The summed E-state index contributed by atoms with van der Waals surface area (Å²) in [6.45, 7) is 2.37. The maximum Gasteiger partial charge on any atom is 0.339 e. The topological polar surface area (TPSA) is 64.6 Å². The first-order valence-corrected chi connectivity index (χ1v) is 7.50. The number of cyclic esters (lactones) is 1. The first kappa shape index (κ1) is 15.1. The number of para-hydroxylation sites is 2. The molecule has 1 aliphatic rings. The molecule has 5 heteroatoms. The van der Waals surface area contributed by atoms with Crippen LogP contribution in [0.1, 0.15) is 22.8 Å². The first-order chi connectivity index (χ1) is 11.2. The molecule has 0 bridgehead atoms. The van der Waals surface area contributed by atoms with Gasteiger partial charge < -0.3 is 14.8 Å². The van der Waals surface area contributed by atoms with Gasteiger partial charge in [-0.3, -0.25) is 4.79 Å². The lowest BCUT2D eigenvalue weighted by molar-refractivity contribution is -0.125. The number of carbonyl (C=O) groups is 2. The number of rotatable bonds is 4. The fraction of sp³-hybridized carbons (Fsp3) is 0.222. The number of esters is 1. The molecule has 1 aliphatic heterocycles. The van der Waals surface area contributed by atoms with E-state index in [9.17, 15) is 9.59 Å². The Morgan fingerprint density at radius 1 is 1.22 bits per heavy atom. The number of fused-ring (bicyclic) bond motifs is 1. The molecule has 0 aliphatic carbocycles. The number of hydrogen-bond acceptors (Lipinski definition) is 4. The summed E-state index contributed by atoms with van der Waals surface area (Å²) >= 11 is 0. The van der Waals surface area contributed by atoms with Gasteiger partial charge in [-0.1, -0.05) is 30.3 Å². The number of nitrogens with one attached hydrogen (secondary N) is 1. The Kier molecular flexibility index (Phi) is 4.28. The fourth-order valence-corrected chi connectivity index (χ4v) is 2.54. The minimum atomic E-state index is -0.841. The molecule has 23 heavy (non-hydrogen) atoms. The summed E-state index contributed by atoms with van der Waals surface area (Å²) in [5.41, 5.74) is 1.91. The lowest BCUT2D eigenvalue weighted by atomic mass is 9.98. The van der Waals surface area contributed by atoms with Gasteiger partial charge in [-0.15, -0.1) is 0 Å². The van der Waals surface area contributed by atoms with Crippen LogP contribution in [0.5, 0.6) is 5.75 Å². The molecule has 0 radical (unpaired) electrons. The third-order valence-electron chi connectivity index (χ3n) is 3.63. The van der Waals surface area contributed by atoms with Gasteiger partial charge in [-0.25, -0.2) is 4.79 Å².